The van der Waals surface area contributed by atoms with Crippen LogP contribution in [0.3, 0.4) is 0 Å². The van der Waals surface area contributed by atoms with Gasteiger partial charge in [0.2, 0.25) is 0 Å². The molecule has 0 aliphatic rings. The minimum atomic E-state index is -0.973. The molecule has 0 bridgehead atoms. The van der Waals surface area contributed by atoms with Crippen LogP contribution < -0.4 is 0 Å². The smallest absolute Gasteiger partial charge is 0.129 e. The van der Waals surface area contributed by atoms with Crippen LogP contribution >= 0.6 is 0 Å². The van der Waals surface area contributed by atoms with Crippen molar-refractivity contribution in [3.05, 3.63) is 53.6 Å². The summed E-state index contributed by atoms with van der Waals surface area (Å²) >= 11 is 0. The van der Waals surface area contributed by atoms with Crippen molar-refractivity contribution in [1.82, 2.24) is 9.78 Å². The molecule has 3 nitrogen and oxygen atoms in total. The summed E-state index contributed by atoms with van der Waals surface area (Å²) in [6, 6.07) is 7.84. The molecule has 0 fully saturated rings. The molecule has 0 spiro atoms. The second-order valence-electron chi connectivity index (χ2n) is 3.30. The molecule has 1 aromatic heterocycles. The number of aliphatic hydroxyl groups is 1. The van der Waals surface area contributed by atoms with E-state index in [1.807, 2.05) is 0 Å². The van der Waals surface area contributed by atoms with Crippen LogP contribution in [0.15, 0.2) is 36.5 Å². The summed E-state index contributed by atoms with van der Waals surface area (Å²) in [6.07, 6.45) is 0.595. The van der Waals surface area contributed by atoms with Gasteiger partial charge in [0.15, 0.2) is 0 Å². The van der Waals surface area contributed by atoms with E-state index in [1.165, 1.54) is 10.7 Å². The first kappa shape index (κ1) is 9.86. The van der Waals surface area contributed by atoms with E-state index < -0.39 is 11.9 Å². The summed E-state index contributed by atoms with van der Waals surface area (Å²) in [5.74, 6) is -0.411. The Morgan fingerprint density at radius 3 is 2.67 bits per heavy atom. The van der Waals surface area contributed by atoms with Crippen molar-refractivity contribution in [1.29, 1.82) is 0 Å². The largest absolute Gasteiger partial charge is 0.382 e. The zero-order valence-electron chi connectivity index (χ0n) is 8.26. The normalized spacial score (nSPS) is 12.7. The fourth-order valence-corrected chi connectivity index (χ4v) is 1.51. The van der Waals surface area contributed by atoms with E-state index in [9.17, 15) is 9.50 Å². The van der Waals surface area contributed by atoms with Gasteiger partial charge >= 0.3 is 0 Å². The number of aromatic nitrogens is 2. The molecule has 1 atom stereocenters. The molecule has 15 heavy (non-hydrogen) atoms. The predicted octanol–water partition coefficient (Wildman–Crippen LogP) is 1.64. The highest BCUT2D eigenvalue weighted by Crippen LogP contribution is 2.23. The molecule has 0 radical (unpaired) electrons. The number of hydrogen-bond donors (Lipinski definition) is 1. The molecule has 78 valence electrons. The third-order valence-electron chi connectivity index (χ3n) is 2.34. The lowest BCUT2D eigenvalue weighted by Crippen LogP contribution is -2.08. The average molecular weight is 206 g/mol. The van der Waals surface area contributed by atoms with Gasteiger partial charge in [-0.05, 0) is 12.1 Å². The molecule has 1 unspecified atom stereocenters. The van der Waals surface area contributed by atoms with E-state index in [-0.39, 0.29) is 5.56 Å². The number of nitrogens with zero attached hydrogens (tertiary/aromatic N) is 2. The van der Waals surface area contributed by atoms with Crippen LogP contribution in [0.1, 0.15) is 17.4 Å². The second-order valence-corrected chi connectivity index (χ2v) is 3.30. The number of hydrogen-bond acceptors (Lipinski definition) is 2. The summed E-state index contributed by atoms with van der Waals surface area (Å²) in [6.45, 7) is 0. The van der Waals surface area contributed by atoms with E-state index in [0.717, 1.165) is 0 Å². The van der Waals surface area contributed by atoms with E-state index >= 15 is 0 Å². The standard InChI is InChI=1S/C11H11FN2O/c1-14-10(6-7-13-14)11(15)8-4-2-3-5-9(8)12/h2-7,11,15H,1H3. The molecule has 0 saturated heterocycles. The lowest BCUT2D eigenvalue weighted by molar-refractivity contribution is 0.204. The SMILES string of the molecule is Cn1nccc1C(O)c1ccccc1F. The van der Waals surface area contributed by atoms with Gasteiger partial charge in [0.05, 0.1) is 5.69 Å². The Hall–Kier alpha value is -1.68. The number of aryl methyl sites for hydroxylation is 1. The first-order valence-corrected chi connectivity index (χ1v) is 4.60. The van der Waals surface area contributed by atoms with Crippen molar-refractivity contribution in [2.75, 3.05) is 0 Å². The van der Waals surface area contributed by atoms with Gasteiger partial charge in [-0.3, -0.25) is 4.68 Å². The maximum Gasteiger partial charge on any atom is 0.129 e. The summed E-state index contributed by atoms with van der Waals surface area (Å²) in [5, 5.41) is 13.9. The Kier molecular flexibility index (Phi) is 2.51. The van der Waals surface area contributed by atoms with Crippen LogP contribution in [0, 0.1) is 5.82 Å². The van der Waals surface area contributed by atoms with Gasteiger partial charge in [-0.2, -0.15) is 5.10 Å². The molecule has 0 amide bonds. The van der Waals surface area contributed by atoms with Gasteiger partial charge in [0.1, 0.15) is 11.9 Å². The molecule has 1 heterocycles. The Balaban J connectivity index is 2.41. The Labute approximate surface area is 86.8 Å². The minimum Gasteiger partial charge on any atom is -0.382 e. The predicted molar refractivity (Wildman–Crippen MR) is 53.7 cm³/mol. The summed E-state index contributed by atoms with van der Waals surface area (Å²) in [7, 11) is 1.71. The van der Waals surface area contributed by atoms with Crippen molar-refractivity contribution in [3.8, 4) is 0 Å². The molecule has 2 aromatic rings. The molecular weight excluding hydrogens is 195 g/mol. The first-order chi connectivity index (χ1) is 7.20. The highest BCUT2D eigenvalue weighted by Gasteiger charge is 2.16. The molecule has 0 saturated carbocycles. The van der Waals surface area contributed by atoms with Crippen LogP contribution in [0.25, 0.3) is 0 Å². The Morgan fingerprint density at radius 1 is 1.33 bits per heavy atom. The Bertz CT molecular complexity index is 467. The Morgan fingerprint density at radius 2 is 2.07 bits per heavy atom. The van der Waals surface area contributed by atoms with Crippen LogP contribution in [0.5, 0.6) is 0 Å². The third kappa shape index (κ3) is 1.76. The van der Waals surface area contributed by atoms with Crippen molar-refractivity contribution < 1.29 is 9.50 Å². The number of benzene rings is 1. The maximum absolute atomic E-state index is 13.4. The number of aliphatic hydroxyl groups excluding tert-OH is 1. The maximum atomic E-state index is 13.4. The molecule has 0 aliphatic carbocycles. The quantitative estimate of drug-likeness (QED) is 0.811. The number of halogens is 1. The van der Waals surface area contributed by atoms with E-state index in [0.29, 0.717) is 5.69 Å². The molecule has 1 aromatic carbocycles. The zero-order valence-corrected chi connectivity index (χ0v) is 8.26. The second kappa shape index (κ2) is 3.82. The zero-order chi connectivity index (χ0) is 10.8. The fourth-order valence-electron chi connectivity index (χ4n) is 1.51. The average Bonchev–Trinajstić information content (AvgIpc) is 2.64. The summed E-state index contributed by atoms with van der Waals surface area (Å²) in [4.78, 5) is 0. The highest BCUT2D eigenvalue weighted by molar-refractivity contribution is 5.26. The van der Waals surface area contributed by atoms with Gasteiger partial charge in [-0.15, -0.1) is 0 Å². The van der Waals surface area contributed by atoms with E-state index in [4.69, 9.17) is 0 Å². The molecule has 0 aliphatic heterocycles. The molecule has 2 rings (SSSR count). The van der Waals surface area contributed by atoms with E-state index in [2.05, 4.69) is 5.10 Å². The topological polar surface area (TPSA) is 38.0 Å². The third-order valence-corrected chi connectivity index (χ3v) is 2.34. The monoisotopic (exact) mass is 206 g/mol. The lowest BCUT2D eigenvalue weighted by atomic mass is 10.1. The summed E-state index contributed by atoms with van der Waals surface area (Å²) < 4.78 is 14.9. The van der Waals surface area contributed by atoms with Crippen molar-refractivity contribution in [2.24, 2.45) is 7.05 Å². The first-order valence-electron chi connectivity index (χ1n) is 4.60. The van der Waals surface area contributed by atoms with Gasteiger partial charge in [-0.25, -0.2) is 4.39 Å². The fraction of sp³-hybridized carbons (Fsp3) is 0.182. The van der Waals surface area contributed by atoms with Crippen molar-refractivity contribution in [2.45, 2.75) is 6.10 Å². The van der Waals surface area contributed by atoms with Gasteiger partial charge in [0.25, 0.3) is 0 Å². The molecule has 4 heteroatoms. The van der Waals surface area contributed by atoms with Crippen molar-refractivity contribution >= 4 is 0 Å². The highest BCUT2D eigenvalue weighted by atomic mass is 19.1. The van der Waals surface area contributed by atoms with E-state index in [1.54, 1.807) is 37.5 Å². The number of rotatable bonds is 2. The van der Waals surface area contributed by atoms with Crippen molar-refractivity contribution in [3.63, 3.8) is 0 Å². The van der Waals surface area contributed by atoms with Gasteiger partial charge in [0, 0.05) is 18.8 Å². The molecular formula is C11H11FN2O. The minimum absolute atomic E-state index is 0.265. The molecule has 1 N–H and O–H groups in total. The van der Waals surface area contributed by atoms with Crippen LogP contribution in [0.4, 0.5) is 4.39 Å². The van der Waals surface area contributed by atoms with Gasteiger partial charge < -0.3 is 5.11 Å². The van der Waals surface area contributed by atoms with Crippen LogP contribution in [-0.2, 0) is 7.05 Å². The summed E-state index contributed by atoms with van der Waals surface area (Å²) in [5.41, 5.74) is 0.834. The van der Waals surface area contributed by atoms with Crippen LogP contribution in [0.2, 0.25) is 0 Å². The van der Waals surface area contributed by atoms with Crippen LogP contribution in [-0.4, -0.2) is 14.9 Å². The lowest BCUT2D eigenvalue weighted by Gasteiger charge is -2.11. The van der Waals surface area contributed by atoms with Gasteiger partial charge in [-0.1, -0.05) is 18.2 Å².